The lowest BCUT2D eigenvalue weighted by molar-refractivity contribution is -0.137. The van der Waals surface area contributed by atoms with Crippen LogP contribution >= 0.6 is 0 Å². The number of aliphatic hydroxyl groups is 1. The van der Waals surface area contributed by atoms with E-state index < -0.39 is 29.9 Å². The standard InChI is InChI=1S/C10H16N4O5/c15-6-1-4-12-9(18)10(19)14-7(16)2-3-11-8(17)5-13-6/h10,19H,1-5H2,(H,11,17)(H,12,18)(H,13,15)(H,14,16). The zero-order chi connectivity index (χ0) is 14.3. The topological polar surface area (TPSA) is 137 Å². The Bertz CT molecular complexity index is 384. The van der Waals surface area contributed by atoms with Crippen molar-refractivity contribution >= 4 is 23.6 Å². The summed E-state index contributed by atoms with van der Waals surface area (Å²) in [6, 6.07) is 0. The molecule has 9 heteroatoms. The Morgan fingerprint density at radius 3 is 2.21 bits per heavy atom. The van der Waals surface area contributed by atoms with Crippen molar-refractivity contribution in [3.8, 4) is 0 Å². The molecule has 0 bridgehead atoms. The number of carbonyl (C=O) groups excluding carboxylic acids is 4. The number of hydrogen-bond acceptors (Lipinski definition) is 5. The minimum atomic E-state index is -1.67. The number of carbonyl (C=O) groups is 4. The predicted molar refractivity (Wildman–Crippen MR) is 62.4 cm³/mol. The Morgan fingerprint density at radius 2 is 1.47 bits per heavy atom. The molecule has 1 fully saturated rings. The van der Waals surface area contributed by atoms with Crippen LogP contribution in [0.4, 0.5) is 0 Å². The highest BCUT2D eigenvalue weighted by molar-refractivity contribution is 5.88. The van der Waals surface area contributed by atoms with E-state index in [0.29, 0.717) is 0 Å². The van der Waals surface area contributed by atoms with Gasteiger partial charge >= 0.3 is 0 Å². The molecule has 1 atom stereocenters. The molecule has 1 saturated heterocycles. The van der Waals surface area contributed by atoms with Crippen LogP contribution in [0.3, 0.4) is 0 Å². The third-order valence-electron chi connectivity index (χ3n) is 2.32. The molecule has 9 nitrogen and oxygen atoms in total. The summed E-state index contributed by atoms with van der Waals surface area (Å²) >= 11 is 0. The van der Waals surface area contributed by atoms with Crippen LogP contribution < -0.4 is 21.3 Å². The van der Waals surface area contributed by atoms with E-state index >= 15 is 0 Å². The normalized spacial score (nSPS) is 23.5. The Hall–Kier alpha value is -2.16. The summed E-state index contributed by atoms with van der Waals surface area (Å²) in [5.74, 6) is -2.17. The first-order valence-corrected chi connectivity index (χ1v) is 5.77. The van der Waals surface area contributed by atoms with Crippen LogP contribution in [0.5, 0.6) is 0 Å². The van der Waals surface area contributed by atoms with E-state index in [1.54, 1.807) is 0 Å². The third-order valence-corrected chi connectivity index (χ3v) is 2.32. The lowest BCUT2D eigenvalue weighted by atomic mass is 10.3. The summed E-state index contributed by atoms with van der Waals surface area (Å²) in [6.07, 6.45) is -1.78. The Kier molecular flexibility index (Phi) is 5.73. The molecule has 0 saturated carbocycles. The molecule has 1 heterocycles. The maximum atomic E-state index is 11.3. The van der Waals surface area contributed by atoms with Gasteiger partial charge in [-0.2, -0.15) is 0 Å². The van der Waals surface area contributed by atoms with Gasteiger partial charge in [0.25, 0.3) is 5.91 Å². The van der Waals surface area contributed by atoms with E-state index in [1.165, 1.54) is 0 Å². The Labute approximate surface area is 109 Å². The molecule has 106 valence electrons. The van der Waals surface area contributed by atoms with Crippen molar-refractivity contribution in [3.63, 3.8) is 0 Å². The number of aliphatic hydroxyl groups excluding tert-OH is 1. The van der Waals surface area contributed by atoms with E-state index in [-0.39, 0.29) is 32.5 Å². The molecule has 1 aliphatic rings. The molecule has 5 N–H and O–H groups in total. The summed E-state index contributed by atoms with van der Waals surface area (Å²) in [5, 5.41) is 18.5. The fraction of sp³-hybridized carbons (Fsp3) is 0.600. The van der Waals surface area contributed by atoms with E-state index in [1.807, 2.05) is 0 Å². The van der Waals surface area contributed by atoms with Crippen molar-refractivity contribution in [2.75, 3.05) is 19.6 Å². The van der Waals surface area contributed by atoms with Gasteiger partial charge in [-0.15, -0.1) is 0 Å². The van der Waals surface area contributed by atoms with Crippen molar-refractivity contribution in [2.24, 2.45) is 0 Å². The van der Waals surface area contributed by atoms with Gasteiger partial charge < -0.3 is 26.4 Å². The van der Waals surface area contributed by atoms with Crippen LogP contribution in [0, 0.1) is 0 Å². The molecular formula is C10H16N4O5. The minimum absolute atomic E-state index is 0.000778. The van der Waals surface area contributed by atoms with Gasteiger partial charge in [0.05, 0.1) is 6.54 Å². The Balaban J connectivity index is 2.56. The highest BCUT2D eigenvalue weighted by Crippen LogP contribution is 1.86. The van der Waals surface area contributed by atoms with Crippen molar-refractivity contribution in [1.82, 2.24) is 21.3 Å². The zero-order valence-corrected chi connectivity index (χ0v) is 10.2. The second kappa shape index (κ2) is 7.31. The zero-order valence-electron chi connectivity index (χ0n) is 10.2. The average Bonchev–Trinajstić information content (AvgIpc) is 2.35. The monoisotopic (exact) mass is 272 g/mol. The fourth-order valence-electron chi connectivity index (χ4n) is 1.33. The van der Waals surface area contributed by atoms with Gasteiger partial charge in [-0.05, 0) is 0 Å². The summed E-state index contributed by atoms with van der Waals surface area (Å²) in [7, 11) is 0. The number of rotatable bonds is 0. The van der Waals surface area contributed by atoms with E-state index in [0.717, 1.165) is 0 Å². The largest absolute Gasteiger partial charge is 0.365 e. The summed E-state index contributed by atoms with van der Waals surface area (Å²) in [4.78, 5) is 45.1. The second-order valence-electron chi connectivity index (χ2n) is 3.89. The molecule has 0 aliphatic carbocycles. The maximum Gasteiger partial charge on any atom is 0.269 e. The fourth-order valence-corrected chi connectivity index (χ4v) is 1.33. The van der Waals surface area contributed by atoms with E-state index in [4.69, 9.17) is 0 Å². The van der Waals surface area contributed by atoms with Gasteiger partial charge in [0.15, 0.2) is 0 Å². The van der Waals surface area contributed by atoms with Gasteiger partial charge in [-0.1, -0.05) is 0 Å². The molecule has 4 amide bonds. The molecule has 0 radical (unpaired) electrons. The van der Waals surface area contributed by atoms with Crippen molar-refractivity contribution in [2.45, 2.75) is 19.1 Å². The van der Waals surface area contributed by atoms with Crippen LogP contribution in [0.25, 0.3) is 0 Å². The maximum absolute atomic E-state index is 11.3. The highest BCUT2D eigenvalue weighted by atomic mass is 16.3. The molecule has 0 aromatic heterocycles. The summed E-state index contributed by atoms with van der Waals surface area (Å²) in [5.41, 5.74) is 0. The van der Waals surface area contributed by atoms with Crippen LogP contribution in [0.15, 0.2) is 0 Å². The van der Waals surface area contributed by atoms with Crippen LogP contribution in [0.2, 0.25) is 0 Å². The predicted octanol–water partition coefficient (Wildman–Crippen LogP) is -3.44. The van der Waals surface area contributed by atoms with Crippen LogP contribution in [-0.2, 0) is 19.2 Å². The Morgan fingerprint density at radius 1 is 0.842 bits per heavy atom. The number of hydrogen-bond donors (Lipinski definition) is 5. The minimum Gasteiger partial charge on any atom is -0.365 e. The molecule has 0 aromatic rings. The lowest BCUT2D eigenvalue weighted by Crippen LogP contribution is -2.48. The van der Waals surface area contributed by atoms with E-state index in [2.05, 4.69) is 21.3 Å². The first-order chi connectivity index (χ1) is 8.99. The van der Waals surface area contributed by atoms with Gasteiger partial charge in [0, 0.05) is 25.9 Å². The van der Waals surface area contributed by atoms with E-state index in [9.17, 15) is 24.3 Å². The molecule has 19 heavy (non-hydrogen) atoms. The molecule has 0 spiro atoms. The quantitative estimate of drug-likeness (QED) is 0.312. The molecule has 1 aliphatic heterocycles. The smallest absolute Gasteiger partial charge is 0.269 e. The summed E-state index contributed by atoms with van der Waals surface area (Å²) < 4.78 is 0. The molecular weight excluding hydrogens is 256 g/mol. The van der Waals surface area contributed by atoms with Crippen molar-refractivity contribution in [1.29, 1.82) is 0 Å². The SMILES string of the molecule is O=C1CCNC(=O)C(O)NC(=O)CCNC(=O)CN1. The lowest BCUT2D eigenvalue weighted by Gasteiger charge is -2.14. The molecule has 0 aromatic carbocycles. The molecule has 1 rings (SSSR count). The van der Waals surface area contributed by atoms with Crippen molar-refractivity contribution in [3.05, 3.63) is 0 Å². The number of amides is 4. The third kappa shape index (κ3) is 5.82. The average molecular weight is 272 g/mol. The first-order valence-electron chi connectivity index (χ1n) is 5.77. The van der Waals surface area contributed by atoms with Crippen LogP contribution in [0.1, 0.15) is 12.8 Å². The molecule has 1 unspecified atom stereocenters. The number of nitrogens with one attached hydrogen (secondary N) is 4. The first kappa shape index (κ1) is 14.9. The highest BCUT2D eigenvalue weighted by Gasteiger charge is 2.18. The van der Waals surface area contributed by atoms with Gasteiger partial charge in [0.2, 0.25) is 23.9 Å². The van der Waals surface area contributed by atoms with Gasteiger partial charge in [-0.25, -0.2) is 0 Å². The summed E-state index contributed by atoms with van der Waals surface area (Å²) in [6.45, 7) is -0.134. The van der Waals surface area contributed by atoms with Crippen molar-refractivity contribution < 1.29 is 24.3 Å². The van der Waals surface area contributed by atoms with Crippen LogP contribution in [-0.4, -0.2) is 54.6 Å². The van der Waals surface area contributed by atoms with Gasteiger partial charge in [0.1, 0.15) is 0 Å². The van der Waals surface area contributed by atoms with Gasteiger partial charge in [-0.3, -0.25) is 19.2 Å². The second-order valence-corrected chi connectivity index (χ2v) is 3.89.